The zero-order valence-corrected chi connectivity index (χ0v) is 20.1. The molecule has 4 rings (SSSR count). The maximum absolute atomic E-state index is 13.0. The predicted octanol–water partition coefficient (Wildman–Crippen LogP) is 2.24. The maximum Gasteiger partial charge on any atom is 0.273 e. The first kappa shape index (κ1) is 23.7. The molecule has 34 heavy (non-hydrogen) atoms. The number of hydrogen-bond acceptors (Lipinski definition) is 8. The summed E-state index contributed by atoms with van der Waals surface area (Å²) in [7, 11) is 0. The van der Waals surface area contributed by atoms with Crippen molar-refractivity contribution >= 4 is 44.3 Å². The Balaban J connectivity index is 1.50. The summed E-state index contributed by atoms with van der Waals surface area (Å²) in [5.74, 6) is 0.152. The van der Waals surface area contributed by atoms with Crippen molar-refractivity contribution in [2.24, 2.45) is 5.92 Å². The minimum absolute atomic E-state index is 0.0470. The van der Waals surface area contributed by atoms with Gasteiger partial charge < -0.3 is 20.3 Å². The molecule has 10 nitrogen and oxygen atoms in total. The number of nitrogens with zero attached hydrogens (tertiary/aromatic N) is 4. The number of aromatic nitrogens is 3. The SMILES string of the molecule is CCNC(=O)[C@H]1CCCN(c2nc3ncn(CC(=O)Nc4ccccc4OCC)c(=O)c3s2)C1. The number of piperidine rings is 1. The van der Waals surface area contributed by atoms with E-state index in [1.54, 1.807) is 18.2 Å². The fraction of sp³-hybridized carbons (Fsp3) is 0.435. The number of anilines is 2. The molecule has 180 valence electrons. The molecular weight excluding hydrogens is 456 g/mol. The fourth-order valence-electron chi connectivity index (χ4n) is 3.96. The van der Waals surface area contributed by atoms with E-state index in [1.165, 1.54) is 22.2 Å². The molecule has 2 amide bonds. The maximum atomic E-state index is 13.0. The van der Waals surface area contributed by atoms with Gasteiger partial charge in [0.1, 0.15) is 23.3 Å². The molecule has 2 aromatic heterocycles. The largest absolute Gasteiger partial charge is 0.492 e. The van der Waals surface area contributed by atoms with E-state index in [0.717, 1.165) is 19.4 Å². The molecule has 0 unspecified atom stereocenters. The molecule has 11 heteroatoms. The highest BCUT2D eigenvalue weighted by Crippen LogP contribution is 2.29. The average molecular weight is 485 g/mol. The summed E-state index contributed by atoms with van der Waals surface area (Å²) in [4.78, 5) is 48.8. The molecule has 0 saturated carbocycles. The number of thiazole rings is 1. The van der Waals surface area contributed by atoms with Crippen LogP contribution < -0.4 is 25.8 Å². The van der Waals surface area contributed by atoms with Gasteiger partial charge in [0.25, 0.3) is 5.56 Å². The van der Waals surface area contributed by atoms with Crippen molar-refractivity contribution in [1.29, 1.82) is 0 Å². The smallest absolute Gasteiger partial charge is 0.273 e. The zero-order chi connectivity index (χ0) is 24.1. The van der Waals surface area contributed by atoms with Crippen LogP contribution in [0.2, 0.25) is 0 Å². The van der Waals surface area contributed by atoms with Crippen LogP contribution in [-0.2, 0) is 16.1 Å². The summed E-state index contributed by atoms with van der Waals surface area (Å²) in [6.07, 6.45) is 3.05. The fourth-order valence-corrected chi connectivity index (χ4v) is 4.97. The number of benzene rings is 1. The van der Waals surface area contributed by atoms with E-state index in [4.69, 9.17) is 4.74 Å². The summed E-state index contributed by atoms with van der Waals surface area (Å²) in [6.45, 7) is 5.99. The first-order chi connectivity index (χ1) is 16.5. The van der Waals surface area contributed by atoms with E-state index < -0.39 is 0 Å². The van der Waals surface area contributed by atoms with Gasteiger partial charge in [-0.25, -0.2) is 4.98 Å². The van der Waals surface area contributed by atoms with Crippen LogP contribution >= 0.6 is 11.3 Å². The summed E-state index contributed by atoms with van der Waals surface area (Å²) < 4.78 is 7.20. The van der Waals surface area contributed by atoms with Crippen molar-refractivity contribution in [2.75, 3.05) is 36.5 Å². The molecule has 0 spiro atoms. The Morgan fingerprint density at radius 2 is 2.09 bits per heavy atom. The van der Waals surface area contributed by atoms with Crippen LogP contribution in [0.25, 0.3) is 10.3 Å². The summed E-state index contributed by atoms with van der Waals surface area (Å²) >= 11 is 1.25. The number of nitrogens with one attached hydrogen (secondary N) is 2. The number of hydrogen-bond donors (Lipinski definition) is 2. The van der Waals surface area contributed by atoms with Gasteiger partial charge in [0.2, 0.25) is 11.8 Å². The molecule has 0 aliphatic carbocycles. The van der Waals surface area contributed by atoms with Crippen molar-refractivity contribution in [1.82, 2.24) is 19.9 Å². The Morgan fingerprint density at radius 1 is 1.26 bits per heavy atom. The Kier molecular flexibility index (Phi) is 7.41. The van der Waals surface area contributed by atoms with Gasteiger partial charge in [-0.1, -0.05) is 23.5 Å². The molecule has 1 fully saturated rings. The van der Waals surface area contributed by atoms with Gasteiger partial charge in [-0.2, -0.15) is 4.98 Å². The van der Waals surface area contributed by atoms with Crippen molar-refractivity contribution < 1.29 is 14.3 Å². The highest BCUT2D eigenvalue weighted by Gasteiger charge is 2.27. The van der Waals surface area contributed by atoms with E-state index in [0.29, 0.717) is 46.6 Å². The Bertz CT molecular complexity index is 1240. The topological polar surface area (TPSA) is 118 Å². The van der Waals surface area contributed by atoms with Gasteiger partial charge >= 0.3 is 0 Å². The monoisotopic (exact) mass is 484 g/mol. The highest BCUT2D eigenvalue weighted by atomic mass is 32.1. The number of amides is 2. The number of rotatable bonds is 8. The van der Waals surface area contributed by atoms with Crippen LogP contribution in [0.4, 0.5) is 10.8 Å². The van der Waals surface area contributed by atoms with Crippen molar-refractivity contribution in [3.05, 3.63) is 40.9 Å². The molecular formula is C23H28N6O4S. The third-order valence-electron chi connectivity index (χ3n) is 5.56. The predicted molar refractivity (Wildman–Crippen MR) is 132 cm³/mol. The second-order valence-corrected chi connectivity index (χ2v) is 8.96. The second kappa shape index (κ2) is 10.6. The van der Waals surface area contributed by atoms with Gasteiger partial charge in [-0.05, 0) is 38.8 Å². The molecule has 0 bridgehead atoms. The highest BCUT2D eigenvalue weighted by molar-refractivity contribution is 7.22. The van der Waals surface area contributed by atoms with Gasteiger partial charge in [0.05, 0.1) is 18.2 Å². The lowest BCUT2D eigenvalue weighted by Gasteiger charge is -2.31. The first-order valence-electron chi connectivity index (χ1n) is 11.4. The molecule has 1 saturated heterocycles. The van der Waals surface area contributed by atoms with E-state index in [2.05, 4.69) is 20.6 Å². The van der Waals surface area contributed by atoms with E-state index in [9.17, 15) is 14.4 Å². The van der Waals surface area contributed by atoms with Gasteiger partial charge in [-0.15, -0.1) is 0 Å². The Hall–Kier alpha value is -3.47. The van der Waals surface area contributed by atoms with E-state index in [1.807, 2.05) is 24.8 Å². The lowest BCUT2D eigenvalue weighted by molar-refractivity contribution is -0.125. The van der Waals surface area contributed by atoms with Crippen LogP contribution in [0.15, 0.2) is 35.4 Å². The second-order valence-electron chi connectivity index (χ2n) is 7.98. The number of fused-ring (bicyclic) bond motifs is 1. The minimum atomic E-state index is -0.360. The van der Waals surface area contributed by atoms with Crippen LogP contribution in [-0.4, -0.2) is 52.6 Å². The molecule has 3 heterocycles. The lowest BCUT2D eigenvalue weighted by atomic mass is 9.97. The van der Waals surface area contributed by atoms with Gasteiger partial charge in [0.15, 0.2) is 10.8 Å². The van der Waals surface area contributed by atoms with Gasteiger partial charge in [0, 0.05) is 19.6 Å². The Labute approximate surface area is 201 Å². The van der Waals surface area contributed by atoms with Crippen LogP contribution in [0.3, 0.4) is 0 Å². The normalized spacial score (nSPS) is 15.8. The number of ether oxygens (including phenoxy) is 1. The summed E-state index contributed by atoms with van der Waals surface area (Å²) in [5, 5.41) is 6.34. The molecule has 3 aromatic rings. The number of para-hydroxylation sites is 2. The summed E-state index contributed by atoms with van der Waals surface area (Å²) in [6, 6.07) is 7.14. The molecule has 1 atom stereocenters. The standard InChI is InChI=1S/C23H28N6O4S/c1-3-24-21(31)15-8-7-11-28(12-15)23-27-20-19(34-23)22(32)29(14-25-20)13-18(30)26-16-9-5-6-10-17(16)33-4-2/h5-6,9-10,14-15H,3-4,7-8,11-13H2,1-2H3,(H,24,31)(H,26,30)/t15-/m0/s1. The van der Waals surface area contributed by atoms with Crippen molar-refractivity contribution in [2.45, 2.75) is 33.2 Å². The van der Waals surface area contributed by atoms with Crippen molar-refractivity contribution in [3.63, 3.8) is 0 Å². The van der Waals surface area contributed by atoms with Crippen LogP contribution in [0.5, 0.6) is 5.75 Å². The molecule has 1 aromatic carbocycles. The quantitative estimate of drug-likeness (QED) is 0.503. The number of carbonyl (C=O) groups is 2. The minimum Gasteiger partial charge on any atom is -0.492 e. The molecule has 2 N–H and O–H groups in total. The number of carbonyl (C=O) groups excluding carboxylic acids is 2. The third kappa shape index (κ3) is 5.19. The summed E-state index contributed by atoms with van der Waals surface area (Å²) in [5.41, 5.74) is 0.575. The van der Waals surface area contributed by atoms with E-state index in [-0.39, 0.29) is 29.8 Å². The Morgan fingerprint density at radius 3 is 2.88 bits per heavy atom. The van der Waals surface area contributed by atoms with E-state index >= 15 is 0 Å². The van der Waals surface area contributed by atoms with Crippen LogP contribution in [0, 0.1) is 5.92 Å². The molecule has 1 aliphatic rings. The lowest BCUT2D eigenvalue weighted by Crippen LogP contribution is -2.43. The van der Waals surface area contributed by atoms with Crippen LogP contribution in [0.1, 0.15) is 26.7 Å². The van der Waals surface area contributed by atoms with Crippen molar-refractivity contribution in [3.8, 4) is 5.75 Å². The molecule has 0 radical (unpaired) electrons. The third-order valence-corrected chi connectivity index (χ3v) is 6.65. The van der Waals surface area contributed by atoms with Gasteiger partial charge in [-0.3, -0.25) is 19.0 Å². The average Bonchev–Trinajstić information content (AvgIpc) is 3.28. The molecule has 1 aliphatic heterocycles. The zero-order valence-electron chi connectivity index (χ0n) is 19.2. The first-order valence-corrected chi connectivity index (χ1v) is 12.2.